The lowest BCUT2D eigenvalue weighted by Gasteiger charge is -2.16. The molecule has 1 aromatic carbocycles. The summed E-state index contributed by atoms with van der Waals surface area (Å²) in [5.41, 5.74) is 4.92. The van der Waals surface area contributed by atoms with E-state index in [1.165, 1.54) is 12.1 Å². The average molecular weight is 266 g/mol. The smallest absolute Gasteiger partial charge is 0.126 e. The van der Waals surface area contributed by atoms with Gasteiger partial charge in [0.15, 0.2) is 0 Å². The van der Waals surface area contributed by atoms with Gasteiger partial charge in [-0.2, -0.15) is 5.10 Å². The number of nitrogens with two attached hydrogens (primary N) is 1. The van der Waals surface area contributed by atoms with Crippen LogP contribution in [0.3, 0.4) is 0 Å². The van der Waals surface area contributed by atoms with Gasteiger partial charge in [0, 0.05) is 13.1 Å². The minimum atomic E-state index is -0.591. The molecule has 0 aliphatic carbocycles. The molecule has 2 aromatic rings. The van der Waals surface area contributed by atoms with Crippen molar-refractivity contribution in [1.29, 1.82) is 0 Å². The molecule has 0 aliphatic rings. The highest BCUT2D eigenvalue weighted by atomic mass is 19.1. The molecule has 0 saturated heterocycles. The SMILES string of the molecule is Cc1cc(C(Cc2cc(F)cc(F)c2)NN)n(C)n1. The first-order chi connectivity index (χ1) is 8.99. The molecule has 6 heteroatoms. The van der Waals surface area contributed by atoms with Gasteiger partial charge in [-0.15, -0.1) is 0 Å². The maximum atomic E-state index is 13.2. The second kappa shape index (κ2) is 5.46. The molecule has 1 unspecified atom stereocenters. The van der Waals surface area contributed by atoms with E-state index in [2.05, 4.69) is 10.5 Å². The van der Waals surface area contributed by atoms with Crippen molar-refractivity contribution in [3.63, 3.8) is 0 Å². The molecule has 3 N–H and O–H groups in total. The predicted molar refractivity (Wildman–Crippen MR) is 68.1 cm³/mol. The van der Waals surface area contributed by atoms with Crippen LogP contribution in [0.1, 0.15) is 23.0 Å². The molecule has 0 fully saturated rings. The Hall–Kier alpha value is -1.79. The Morgan fingerprint density at radius 1 is 1.26 bits per heavy atom. The number of rotatable bonds is 4. The lowest BCUT2D eigenvalue weighted by atomic mass is 10.0. The van der Waals surface area contributed by atoms with Crippen LogP contribution in [0, 0.1) is 18.6 Å². The molecule has 0 radical (unpaired) electrons. The van der Waals surface area contributed by atoms with E-state index in [1.807, 2.05) is 13.0 Å². The second-order valence-electron chi connectivity index (χ2n) is 4.54. The van der Waals surface area contributed by atoms with Crippen molar-refractivity contribution >= 4 is 0 Å². The van der Waals surface area contributed by atoms with Crippen LogP contribution in [0.15, 0.2) is 24.3 Å². The van der Waals surface area contributed by atoms with Crippen LogP contribution in [-0.2, 0) is 13.5 Å². The zero-order valence-electron chi connectivity index (χ0n) is 10.8. The van der Waals surface area contributed by atoms with Gasteiger partial charge in [0.25, 0.3) is 0 Å². The lowest BCUT2D eigenvalue weighted by Crippen LogP contribution is -2.31. The van der Waals surface area contributed by atoms with E-state index < -0.39 is 11.6 Å². The van der Waals surface area contributed by atoms with Crippen molar-refractivity contribution in [2.45, 2.75) is 19.4 Å². The minimum absolute atomic E-state index is 0.257. The topological polar surface area (TPSA) is 55.9 Å². The maximum absolute atomic E-state index is 13.2. The summed E-state index contributed by atoms with van der Waals surface area (Å²) >= 11 is 0. The number of aromatic nitrogens is 2. The van der Waals surface area contributed by atoms with Crippen LogP contribution in [0.5, 0.6) is 0 Å². The fraction of sp³-hybridized carbons (Fsp3) is 0.308. The van der Waals surface area contributed by atoms with E-state index in [4.69, 9.17) is 5.84 Å². The van der Waals surface area contributed by atoms with Gasteiger partial charge in [-0.3, -0.25) is 16.0 Å². The molecule has 0 spiro atoms. The van der Waals surface area contributed by atoms with Gasteiger partial charge in [-0.05, 0) is 37.1 Å². The molecule has 2 rings (SSSR count). The van der Waals surface area contributed by atoms with Gasteiger partial charge in [0.2, 0.25) is 0 Å². The van der Waals surface area contributed by atoms with E-state index >= 15 is 0 Å². The van der Waals surface area contributed by atoms with E-state index in [0.29, 0.717) is 12.0 Å². The van der Waals surface area contributed by atoms with Crippen LogP contribution in [0.2, 0.25) is 0 Å². The Morgan fingerprint density at radius 2 is 1.89 bits per heavy atom. The number of aryl methyl sites for hydroxylation is 2. The molecule has 0 aliphatic heterocycles. The largest absolute Gasteiger partial charge is 0.271 e. The van der Waals surface area contributed by atoms with E-state index in [9.17, 15) is 8.78 Å². The number of benzene rings is 1. The first-order valence-corrected chi connectivity index (χ1v) is 5.91. The van der Waals surface area contributed by atoms with Crippen molar-refractivity contribution in [3.8, 4) is 0 Å². The van der Waals surface area contributed by atoms with Gasteiger partial charge in [-0.1, -0.05) is 0 Å². The van der Waals surface area contributed by atoms with Crippen LogP contribution in [-0.4, -0.2) is 9.78 Å². The quantitative estimate of drug-likeness (QED) is 0.655. The zero-order valence-corrected chi connectivity index (χ0v) is 10.8. The highest BCUT2D eigenvalue weighted by Gasteiger charge is 2.16. The van der Waals surface area contributed by atoms with Crippen LogP contribution in [0.25, 0.3) is 0 Å². The normalized spacial score (nSPS) is 12.7. The predicted octanol–water partition coefficient (Wildman–Crippen LogP) is 1.75. The van der Waals surface area contributed by atoms with Gasteiger partial charge >= 0.3 is 0 Å². The van der Waals surface area contributed by atoms with E-state index in [-0.39, 0.29) is 6.04 Å². The van der Waals surface area contributed by atoms with Crippen LogP contribution in [0.4, 0.5) is 8.78 Å². The molecule has 19 heavy (non-hydrogen) atoms. The number of hydrogen-bond acceptors (Lipinski definition) is 3. The second-order valence-corrected chi connectivity index (χ2v) is 4.54. The third-order valence-electron chi connectivity index (χ3n) is 2.96. The molecular weight excluding hydrogens is 250 g/mol. The van der Waals surface area contributed by atoms with Crippen molar-refractivity contribution in [1.82, 2.24) is 15.2 Å². The highest BCUT2D eigenvalue weighted by Crippen LogP contribution is 2.19. The Labute approximate surface area is 110 Å². The van der Waals surface area contributed by atoms with Crippen molar-refractivity contribution in [2.75, 3.05) is 0 Å². The van der Waals surface area contributed by atoms with Crippen LogP contribution < -0.4 is 11.3 Å². The molecule has 102 valence electrons. The highest BCUT2D eigenvalue weighted by molar-refractivity contribution is 5.22. The Kier molecular flexibility index (Phi) is 3.92. The standard InChI is InChI=1S/C13H16F2N4/c1-8-3-13(19(2)18-8)12(17-16)6-9-4-10(14)7-11(15)5-9/h3-5,7,12,17H,6,16H2,1-2H3. The number of nitrogens with one attached hydrogen (secondary N) is 1. The molecule has 1 heterocycles. The summed E-state index contributed by atoms with van der Waals surface area (Å²) in [6.45, 7) is 1.87. The lowest BCUT2D eigenvalue weighted by molar-refractivity contribution is 0.503. The van der Waals surface area contributed by atoms with Gasteiger partial charge in [-0.25, -0.2) is 8.78 Å². The minimum Gasteiger partial charge on any atom is -0.271 e. The monoisotopic (exact) mass is 266 g/mol. The summed E-state index contributed by atoms with van der Waals surface area (Å²) < 4.78 is 28.0. The number of hydrogen-bond donors (Lipinski definition) is 2. The zero-order chi connectivity index (χ0) is 14.0. The molecule has 0 bridgehead atoms. The Morgan fingerprint density at radius 3 is 2.37 bits per heavy atom. The number of halogens is 2. The summed E-state index contributed by atoms with van der Waals surface area (Å²) in [4.78, 5) is 0. The van der Waals surface area contributed by atoms with Crippen molar-refractivity contribution in [2.24, 2.45) is 12.9 Å². The summed E-state index contributed by atoms with van der Waals surface area (Å²) in [5, 5.41) is 4.23. The fourth-order valence-electron chi connectivity index (χ4n) is 2.17. The van der Waals surface area contributed by atoms with Crippen LogP contribution >= 0.6 is 0 Å². The summed E-state index contributed by atoms with van der Waals surface area (Å²) in [6.07, 6.45) is 0.379. The van der Waals surface area contributed by atoms with Gasteiger partial charge in [0.1, 0.15) is 11.6 Å². The van der Waals surface area contributed by atoms with E-state index in [1.54, 1.807) is 11.7 Å². The molecule has 1 aromatic heterocycles. The van der Waals surface area contributed by atoms with E-state index in [0.717, 1.165) is 17.5 Å². The summed E-state index contributed by atoms with van der Waals surface area (Å²) in [6, 6.07) is 5.09. The molecule has 0 amide bonds. The first-order valence-electron chi connectivity index (χ1n) is 5.91. The average Bonchev–Trinajstić information content (AvgIpc) is 2.64. The van der Waals surface area contributed by atoms with Crippen molar-refractivity contribution < 1.29 is 8.78 Å². The third kappa shape index (κ3) is 3.15. The number of hydrazine groups is 1. The fourth-order valence-corrected chi connectivity index (χ4v) is 2.17. The van der Waals surface area contributed by atoms with Crippen molar-refractivity contribution in [3.05, 3.63) is 52.9 Å². The molecule has 1 atom stereocenters. The number of nitrogens with zero attached hydrogens (tertiary/aromatic N) is 2. The maximum Gasteiger partial charge on any atom is 0.126 e. The molecule has 4 nitrogen and oxygen atoms in total. The molecular formula is C13H16F2N4. The first kappa shape index (κ1) is 13.6. The summed E-state index contributed by atoms with van der Waals surface area (Å²) in [5.74, 6) is 4.35. The Balaban J connectivity index is 2.26. The van der Waals surface area contributed by atoms with Gasteiger partial charge in [0.05, 0.1) is 17.4 Å². The third-order valence-corrected chi connectivity index (χ3v) is 2.96. The Bertz CT molecular complexity index is 560. The van der Waals surface area contributed by atoms with Gasteiger partial charge < -0.3 is 0 Å². The summed E-state index contributed by atoms with van der Waals surface area (Å²) in [7, 11) is 1.80. The molecule has 0 saturated carbocycles.